The summed E-state index contributed by atoms with van der Waals surface area (Å²) in [6.07, 6.45) is -0.500. The van der Waals surface area contributed by atoms with Gasteiger partial charge in [-0.1, -0.05) is 0 Å². The van der Waals surface area contributed by atoms with Crippen molar-refractivity contribution in [1.29, 1.82) is 0 Å². The maximum absolute atomic E-state index is 10.00. The van der Waals surface area contributed by atoms with Gasteiger partial charge >= 0.3 is 0 Å². The number of aliphatic hydroxyl groups excluding tert-OH is 1. The van der Waals surface area contributed by atoms with E-state index in [0.717, 1.165) is 15.4 Å². The van der Waals surface area contributed by atoms with Gasteiger partial charge in [0.05, 0.1) is 10.6 Å². The van der Waals surface area contributed by atoms with Crippen LogP contribution in [0.3, 0.4) is 0 Å². The number of aryl methyl sites for hydroxylation is 2. The average molecular weight is 225 g/mol. The van der Waals surface area contributed by atoms with Crippen molar-refractivity contribution >= 4 is 22.9 Å². The lowest BCUT2D eigenvalue weighted by Crippen LogP contribution is -1.92. The van der Waals surface area contributed by atoms with Gasteiger partial charge in [-0.15, -0.1) is 11.3 Å². The minimum atomic E-state index is -0.500. The summed E-state index contributed by atoms with van der Waals surface area (Å²) in [4.78, 5) is 3.13. The normalized spacial score (nSPS) is 13.1. The second kappa shape index (κ2) is 3.81. The maximum Gasteiger partial charge on any atom is 0.124 e. The fourth-order valence-electron chi connectivity index (χ4n) is 1.25. The highest BCUT2D eigenvalue weighted by Gasteiger charge is 2.14. The molecule has 1 N–H and O–H groups in total. The van der Waals surface area contributed by atoms with Crippen molar-refractivity contribution in [3.63, 3.8) is 0 Å². The number of aliphatic hydroxyl groups is 1. The molecule has 0 amide bonds. The van der Waals surface area contributed by atoms with Crippen molar-refractivity contribution in [2.24, 2.45) is 0 Å². The van der Waals surface area contributed by atoms with Gasteiger partial charge in [-0.25, -0.2) is 0 Å². The zero-order chi connectivity index (χ0) is 10.1. The van der Waals surface area contributed by atoms with Gasteiger partial charge in [0.1, 0.15) is 6.10 Å². The molecule has 1 unspecified atom stereocenters. The molecule has 0 aromatic carbocycles. The predicted octanol–water partition coefficient (Wildman–Crippen LogP) is 2.90. The minimum Gasteiger partial charge on any atom is -0.382 e. The summed E-state index contributed by atoms with van der Waals surface area (Å²) in [5.41, 5.74) is 0.970. The molecule has 0 aliphatic heterocycles. The van der Waals surface area contributed by atoms with Crippen LogP contribution in [0.15, 0.2) is 18.2 Å². The molecule has 0 aliphatic rings. The summed E-state index contributed by atoms with van der Waals surface area (Å²) in [6.45, 7) is 3.98. The first-order valence-corrected chi connectivity index (χ1v) is 5.93. The van der Waals surface area contributed by atoms with Crippen LogP contribution in [0.2, 0.25) is 0 Å². The Kier molecular flexibility index (Phi) is 2.67. The molecule has 74 valence electrons. The fraction of sp³-hybridized carbons (Fsp3) is 0.300. The molecular formula is C10H11NOS2. The molecule has 0 spiro atoms. The number of nitrogens with zero attached hydrogens (tertiary/aromatic N) is 1. The van der Waals surface area contributed by atoms with Crippen molar-refractivity contribution in [3.8, 4) is 0 Å². The largest absolute Gasteiger partial charge is 0.382 e. The summed E-state index contributed by atoms with van der Waals surface area (Å²) in [7, 11) is 0. The van der Waals surface area contributed by atoms with E-state index < -0.39 is 6.10 Å². The smallest absolute Gasteiger partial charge is 0.124 e. The highest BCUT2D eigenvalue weighted by molar-refractivity contribution is 7.12. The summed E-state index contributed by atoms with van der Waals surface area (Å²) >= 11 is 3.00. The van der Waals surface area contributed by atoms with E-state index in [0.29, 0.717) is 0 Å². The first-order valence-electron chi connectivity index (χ1n) is 4.34. The Balaban J connectivity index is 2.28. The lowest BCUT2D eigenvalue weighted by Gasteiger charge is -2.03. The Morgan fingerprint density at radius 3 is 2.57 bits per heavy atom. The number of hydrogen-bond acceptors (Lipinski definition) is 4. The quantitative estimate of drug-likeness (QED) is 0.852. The van der Waals surface area contributed by atoms with Gasteiger partial charge in [0, 0.05) is 9.75 Å². The van der Waals surface area contributed by atoms with Crippen LogP contribution in [0.4, 0.5) is 0 Å². The van der Waals surface area contributed by atoms with Crippen molar-refractivity contribution in [2.75, 3.05) is 0 Å². The van der Waals surface area contributed by atoms with Crippen molar-refractivity contribution in [1.82, 2.24) is 4.37 Å². The fourth-order valence-corrected chi connectivity index (χ4v) is 2.96. The summed E-state index contributed by atoms with van der Waals surface area (Å²) in [5, 5.41) is 10.00. The molecule has 0 saturated carbocycles. The molecule has 2 nitrogen and oxygen atoms in total. The first-order chi connectivity index (χ1) is 6.66. The van der Waals surface area contributed by atoms with Crippen molar-refractivity contribution in [3.05, 3.63) is 38.5 Å². The third-order valence-corrected chi connectivity index (χ3v) is 3.93. The van der Waals surface area contributed by atoms with E-state index in [1.54, 1.807) is 11.3 Å². The number of thiophene rings is 1. The van der Waals surface area contributed by atoms with Crippen molar-refractivity contribution < 1.29 is 5.11 Å². The monoisotopic (exact) mass is 225 g/mol. The zero-order valence-corrected chi connectivity index (χ0v) is 9.65. The molecule has 0 radical (unpaired) electrons. The van der Waals surface area contributed by atoms with Crippen LogP contribution in [-0.4, -0.2) is 9.48 Å². The standard InChI is InChI=1S/C10H11NOS2/c1-6-5-9(14-11-6)10(12)8-4-3-7(2)13-8/h3-5,10,12H,1-2H3. The first kappa shape index (κ1) is 9.83. The van der Waals surface area contributed by atoms with Crippen LogP contribution in [0.1, 0.15) is 26.4 Å². The third-order valence-electron chi connectivity index (χ3n) is 1.95. The van der Waals surface area contributed by atoms with E-state index in [1.165, 1.54) is 16.4 Å². The molecule has 0 aliphatic carbocycles. The maximum atomic E-state index is 10.00. The van der Waals surface area contributed by atoms with E-state index in [4.69, 9.17) is 0 Å². The number of aromatic nitrogens is 1. The van der Waals surface area contributed by atoms with Gasteiger partial charge in [0.25, 0.3) is 0 Å². The highest BCUT2D eigenvalue weighted by Crippen LogP contribution is 2.30. The van der Waals surface area contributed by atoms with Crippen LogP contribution in [0.5, 0.6) is 0 Å². The molecule has 0 fully saturated rings. The van der Waals surface area contributed by atoms with E-state index in [2.05, 4.69) is 4.37 Å². The molecule has 2 aromatic heterocycles. The lowest BCUT2D eigenvalue weighted by atomic mass is 10.2. The Bertz CT molecular complexity index is 393. The van der Waals surface area contributed by atoms with E-state index in [-0.39, 0.29) is 0 Å². The van der Waals surface area contributed by atoms with Crippen molar-refractivity contribution in [2.45, 2.75) is 20.0 Å². The molecule has 4 heteroatoms. The Labute approximate surface area is 91.0 Å². The van der Waals surface area contributed by atoms with Gasteiger partial charge in [-0.2, -0.15) is 4.37 Å². The minimum absolute atomic E-state index is 0.500. The lowest BCUT2D eigenvalue weighted by molar-refractivity contribution is 0.228. The molecule has 2 heterocycles. The summed E-state index contributed by atoms with van der Waals surface area (Å²) in [6, 6.07) is 5.93. The van der Waals surface area contributed by atoms with Gasteiger partial charge in [-0.05, 0) is 43.6 Å². The molecular weight excluding hydrogens is 214 g/mol. The molecule has 2 rings (SSSR count). The molecule has 1 atom stereocenters. The SMILES string of the molecule is Cc1cc(C(O)c2ccc(C)s2)sn1. The third kappa shape index (κ3) is 1.87. The van der Waals surface area contributed by atoms with Crippen LogP contribution >= 0.6 is 22.9 Å². The highest BCUT2D eigenvalue weighted by atomic mass is 32.1. The Morgan fingerprint density at radius 1 is 1.29 bits per heavy atom. The van der Waals surface area contributed by atoms with Crippen LogP contribution in [0.25, 0.3) is 0 Å². The summed E-state index contributed by atoms with van der Waals surface area (Å²) < 4.78 is 4.16. The van der Waals surface area contributed by atoms with Crippen LogP contribution in [0, 0.1) is 13.8 Å². The second-order valence-electron chi connectivity index (χ2n) is 3.22. The molecule has 2 aromatic rings. The number of rotatable bonds is 2. The summed E-state index contributed by atoms with van der Waals surface area (Å²) in [5.74, 6) is 0. The van der Waals surface area contributed by atoms with Gasteiger partial charge in [0.15, 0.2) is 0 Å². The van der Waals surface area contributed by atoms with Gasteiger partial charge < -0.3 is 5.11 Å². The second-order valence-corrected chi connectivity index (χ2v) is 5.38. The average Bonchev–Trinajstić information content (AvgIpc) is 2.73. The Morgan fingerprint density at radius 2 is 2.07 bits per heavy atom. The van der Waals surface area contributed by atoms with E-state index in [9.17, 15) is 5.11 Å². The van der Waals surface area contributed by atoms with Gasteiger partial charge in [-0.3, -0.25) is 0 Å². The predicted molar refractivity (Wildman–Crippen MR) is 60.0 cm³/mol. The molecule has 14 heavy (non-hydrogen) atoms. The Hall–Kier alpha value is -0.710. The number of hydrogen-bond donors (Lipinski definition) is 1. The van der Waals surface area contributed by atoms with E-state index >= 15 is 0 Å². The van der Waals surface area contributed by atoms with E-state index in [1.807, 2.05) is 32.0 Å². The molecule has 0 saturated heterocycles. The zero-order valence-electron chi connectivity index (χ0n) is 8.02. The van der Waals surface area contributed by atoms with Crippen LogP contribution < -0.4 is 0 Å². The topological polar surface area (TPSA) is 33.1 Å². The van der Waals surface area contributed by atoms with Gasteiger partial charge in [0.2, 0.25) is 0 Å². The van der Waals surface area contributed by atoms with Crippen LogP contribution in [-0.2, 0) is 0 Å². The molecule has 0 bridgehead atoms.